The summed E-state index contributed by atoms with van der Waals surface area (Å²) in [6.45, 7) is 0.997. The van der Waals surface area contributed by atoms with Crippen LogP contribution in [0.15, 0.2) is 21.3 Å². The molecule has 1 unspecified atom stereocenters. The molecule has 19 heavy (non-hydrogen) atoms. The van der Waals surface area contributed by atoms with Gasteiger partial charge in [-0.25, -0.2) is 4.79 Å². The van der Waals surface area contributed by atoms with Crippen LogP contribution in [-0.2, 0) is 4.74 Å². The molecule has 0 aliphatic carbocycles. The van der Waals surface area contributed by atoms with Crippen LogP contribution in [0.1, 0.15) is 17.0 Å². The number of ether oxygens (including phenoxy) is 1. The average molecular weight is 269 g/mol. The largest absolute Gasteiger partial charge is 0.508 e. The van der Waals surface area contributed by atoms with Gasteiger partial charge in [-0.3, -0.25) is 4.79 Å². The first-order chi connectivity index (χ1) is 9.11. The minimum absolute atomic E-state index is 0.0677. The molecule has 1 aromatic rings. The Morgan fingerprint density at radius 1 is 1.47 bits per heavy atom. The van der Waals surface area contributed by atoms with Crippen LogP contribution in [-0.4, -0.2) is 53.4 Å². The standard InChI is InChI=1S/C12H15NO6/c14-3-1-8-7-18-4-2-13(8)12(17)10-5-9(15)6-11(16)19-10/h5-6,8,14-15H,1-4,7H2. The van der Waals surface area contributed by atoms with Gasteiger partial charge in [-0.05, 0) is 6.42 Å². The van der Waals surface area contributed by atoms with Crippen LogP contribution < -0.4 is 5.63 Å². The lowest BCUT2D eigenvalue weighted by atomic mass is 10.1. The third-order valence-corrected chi connectivity index (χ3v) is 2.92. The van der Waals surface area contributed by atoms with E-state index in [2.05, 4.69) is 0 Å². The molecule has 2 rings (SSSR count). The minimum atomic E-state index is -0.782. The van der Waals surface area contributed by atoms with Crippen molar-refractivity contribution in [1.82, 2.24) is 4.90 Å². The van der Waals surface area contributed by atoms with Crippen molar-refractivity contribution in [2.45, 2.75) is 12.5 Å². The predicted octanol–water partition coefficient (Wildman–Crippen LogP) is -0.431. The monoisotopic (exact) mass is 269 g/mol. The molecular weight excluding hydrogens is 254 g/mol. The lowest BCUT2D eigenvalue weighted by molar-refractivity contribution is -0.00997. The Kier molecular flexibility index (Phi) is 4.18. The van der Waals surface area contributed by atoms with Crippen LogP contribution in [0.2, 0.25) is 0 Å². The van der Waals surface area contributed by atoms with Gasteiger partial charge in [0.2, 0.25) is 0 Å². The number of carbonyl (C=O) groups is 1. The van der Waals surface area contributed by atoms with Gasteiger partial charge in [0, 0.05) is 19.2 Å². The molecule has 1 aliphatic rings. The van der Waals surface area contributed by atoms with Gasteiger partial charge in [0.05, 0.1) is 25.3 Å². The molecule has 1 aliphatic heterocycles. The van der Waals surface area contributed by atoms with Crippen molar-refractivity contribution < 1.29 is 24.2 Å². The Hall–Kier alpha value is -1.86. The van der Waals surface area contributed by atoms with E-state index in [-0.39, 0.29) is 24.2 Å². The molecule has 0 aromatic carbocycles. The summed E-state index contributed by atoms with van der Waals surface area (Å²) in [5.74, 6) is -1.02. The highest BCUT2D eigenvalue weighted by Crippen LogP contribution is 2.16. The van der Waals surface area contributed by atoms with Gasteiger partial charge in [0.1, 0.15) is 5.75 Å². The average Bonchev–Trinajstić information content (AvgIpc) is 2.38. The van der Waals surface area contributed by atoms with Gasteiger partial charge in [0.15, 0.2) is 5.76 Å². The number of aliphatic hydroxyl groups excluding tert-OH is 1. The van der Waals surface area contributed by atoms with Gasteiger partial charge in [-0.15, -0.1) is 0 Å². The predicted molar refractivity (Wildman–Crippen MR) is 64.0 cm³/mol. The first kappa shape index (κ1) is 13.6. The fourth-order valence-electron chi connectivity index (χ4n) is 2.02. The number of morpholine rings is 1. The smallest absolute Gasteiger partial charge is 0.340 e. The molecule has 1 fully saturated rings. The lowest BCUT2D eigenvalue weighted by Crippen LogP contribution is -2.49. The van der Waals surface area contributed by atoms with E-state index < -0.39 is 11.5 Å². The Labute approximate surface area is 109 Å². The molecule has 2 heterocycles. The maximum atomic E-state index is 12.2. The Bertz CT molecular complexity index is 509. The van der Waals surface area contributed by atoms with E-state index in [4.69, 9.17) is 14.3 Å². The summed E-state index contributed by atoms with van der Waals surface area (Å²) in [7, 11) is 0. The Morgan fingerprint density at radius 3 is 2.95 bits per heavy atom. The fourth-order valence-corrected chi connectivity index (χ4v) is 2.02. The zero-order valence-corrected chi connectivity index (χ0v) is 10.2. The second kappa shape index (κ2) is 5.85. The molecule has 0 spiro atoms. The minimum Gasteiger partial charge on any atom is -0.508 e. The van der Waals surface area contributed by atoms with E-state index in [1.165, 1.54) is 4.90 Å². The number of aliphatic hydroxyl groups is 1. The maximum Gasteiger partial charge on any atom is 0.340 e. The highest BCUT2D eigenvalue weighted by molar-refractivity contribution is 5.92. The van der Waals surface area contributed by atoms with Crippen molar-refractivity contribution in [3.63, 3.8) is 0 Å². The number of rotatable bonds is 3. The molecule has 7 nitrogen and oxygen atoms in total. The molecule has 104 valence electrons. The highest BCUT2D eigenvalue weighted by Gasteiger charge is 2.29. The van der Waals surface area contributed by atoms with Crippen LogP contribution in [0.25, 0.3) is 0 Å². The van der Waals surface area contributed by atoms with Crippen molar-refractivity contribution >= 4 is 5.91 Å². The molecule has 1 amide bonds. The topological polar surface area (TPSA) is 100 Å². The van der Waals surface area contributed by atoms with Crippen LogP contribution in [0, 0.1) is 0 Å². The van der Waals surface area contributed by atoms with Gasteiger partial charge in [-0.1, -0.05) is 0 Å². The number of aromatic hydroxyl groups is 1. The summed E-state index contributed by atoms with van der Waals surface area (Å²) < 4.78 is 10.0. The SMILES string of the molecule is O=C(c1cc(O)cc(=O)o1)N1CCOCC1CCO. The van der Waals surface area contributed by atoms with Crippen molar-refractivity contribution in [3.8, 4) is 5.75 Å². The summed E-state index contributed by atoms with van der Waals surface area (Å²) in [5, 5.41) is 18.3. The molecule has 0 saturated carbocycles. The number of nitrogens with zero attached hydrogens (tertiary/aromatic N) is 1. The number of hydrogen-bond donors (Lipinski definition) is 2. The molecular formula is C12H15NO6. The first-order valence-corrected chi connectivity index (χ1v) is 5.95. The summed E-state index contributed by atoms with van der Waals surface area (Å²) >= 11 is 0. The van der Waals surface area contributed by atoms with Gasteiger partial charge >= 0.3 is 5.63 Å². The van der Waals surface area contributed by atoms with Crippen LogP contribution >= 0.6 is 0 Å². The summed E-state index contributed by atoms with van der Waals surface area (Å²) in [5.41, 5.74) is -0.782. The van der Waals surface area contributed by atoms with Crippen molar-refractivity contribution in [2.24, 2.45) is 0 Å². The molecule has 0 bridgehead atoms. The zero-order chi connectivity index (χ0) is 13.8. The summed E-state index contributed by atoms with van der Waals surface area (Å²) in [6, 6.07) is 1.73. The van der Waals surface area contributed by atoms with E-state index in [1.807, 2.05) is 0 Å². The third kappa shape index (κ3) is 3.12. The van der Waals surface area contributed by atoms with Gasteiger partial charge < -0.3 is 24.3 Å². The molecule has 1 aromatic heterocycles. The van der Waals surface area contributed by atoms with Crippen LogP contribution in [0.5, 0.6) is 5.75 Å². The normalized spacial score (nSPS) is 19.4. The number of amides is 1. The highest BCUT2D eigenvalue weighted by atomic mass is 16.5. The molecule has 2 N–H and O–H groups in total. The molecule has 7 heteroatoms. The summed E-state index contributed by atoms with van der Waals surface area (Å²) in [4.78, 5) is 24.9. The number of hydrogen-bond acceptors (Lipinski definition) is 6. The number of carbonyl (C=O) groups excluding carboxylic acids is 1. The van der Waals surface area contributed by atoms with E-state index in [1.54, 1.807) is 0 Å². The van der Waals surface area contributed by atoms with E-state index in [0.717, 1.165) is 12.1 Å². The van der Waals surface area contributed by atoms with E-state index in [9.17, 15) is 14.7 Å². The van der Waals surface area contributed by atoms with Gasteiger partial charge in [0.25, 0.3) is 5.91 Å². The van der Waals surface area contributed by atoms with E-state index in [0.29, 0.717) is 26.2 Å². The quantitative estimate of drug-likeness (QED) is 0.772. The molecule has 1 saturated heterocycles. The maximum absolute atomic E-state index is 12.2. The van der Waals surface area contributed by atoms with Crippen molar-refractivity contribution in [2.75, 3.05) is 26.4 Å². The first-order valence-electron chi connectivity index (χ1n) is 5.95. The third-order valence-electron chi connectivity index (χ3n) is 2.92. The Balaban J connectivity index is 2.23. The second-order valence-electron chi connectivity index (χ2n) is 4.24. The Morgan fingerprint density at radius 2 is 2.26 bits per heavy atom. The van der Waals surface area contributed by atoms with Crippen LogP contribution in [0.4, 0.5) is 0 Å². The van der Waals surface area contributed by atoms with Crippen molar-refractivity contribution in [1.29, 1.82) is 0 Å². The molecule has 0 radical (unpaired) electrons. The molecule has 1 atom stereocenters. The van der Waals surface area contributed by atoms with Gasteiger partial charge in [-0.2, -0.15) is 0 Å². The lowest BCUT2D eigenvalue weighted by Gasteiger charge is -2.34. The second-order valence-corrected chi connectivity index (χ2v) is 4.24. The van der Waals surface area contributed by atoms with Crippen molar-refractivity contribution in [3.05, 3.63) is 28.3 Å². The van der Waals surface area contributed by atoms with Crippen LogP contribution in [0.3, 0.4) is 0 Å². The fraction of sp³-hybridized carbons (Fsp3) is 0.500. The van der Waals surface area contributed by atoms with E-state index >= 15 is 0 Å². The zero-order valence-electron chi connectivity index (χ0n) is 10.2. The summed E-state index contributed by atoms with van der Waals surface area (Å²) in [6.07, 6.45) is 0.384.